The number of aliphatic hydroxyl groups is 2. The van der Waals surface area contributed by atoms with Crippen molar-refractivity contribution in [2.45, 2.75) is 43.5 Å². The number of unbranched alkanes of at least 4 members (excludes halogenated alkanes) is 1. The molecular formula is C9H14F6O2. The number of halogens is 6. The first-order chi connectivity index (χ1) is 7.62. The molecule has 0 bridgehead atoms. The van der Waals surface area contributed by atoms with Crippen molar-refractivity contribution in [2.24, 2.45) is 0 Å². The Kier molecular flexibility index (Phi) is 5.73. The molecule has 104 valence electrons. The molecule has 2 N–H and O–H groups in total. The van der Waals surface area contributed by atoms with Gasteiger partial charge in [-0.15, -0.1) is 0 Å². The minimum atomic E-state index is -5.75. The van der Waals surface area contributed by atoms with E-state index in [1.165, 1.54) is 0 Å². The van der Waals surface area contributed by atoms with E-state index < -0.39 is 50.2 Å². The van der Waals surface area contributed by atoms with Crippen LogP contribution in [-0.4, -0.2) is 41.2 Å². The maximum atomic E-state index is 13.4. The zero-order valence-electron chi connectivity index (χ0n) is 8.90. The number of hydrogen-bond donors (Lipinski definition) is 2. The molecule has 8 heteroatoms. The zero-order valence-corrected chi connectivity index (χ0v) is 8.90. The third-order valence-corrected chi connectivity index (χ3v) is 2.38. The Balaban J connectivity index is 4.90. The van der Waals surface area contributed by atoms with Crippen molar-refractivity contribution in [2.75, 3.05) is 13.2 Å². The van der Waals surface area contributed by atoms with Gasteiger partial charge in [0.15, 0.2) is 0 Å². The predicted molar refractivity (Wildman–Crippen MR) is 47.5 cm³/mol. The van der Waals surface area contributed by atoms with E-state index in [2.05, 4.69) is 0 Å². The van der Waals surface area contributed by atoms with E-state index in [9.17, 15) is 26.3 Å². The standard InChI is InChI=1S/C9H14F6O2/c10-7(4-6-17,9(13,14)15)8(11,12)3-1-2-5-16/h16-17H,1-6H2. The second kappa shape index (κ2) is 5.90. The molecular weight excluding hydrogens is 254 g/mol. The third-order valence-electron chi connectivity index (χ3n) is 2.38. The largest absolute Gasteiger partial charge is 0.428 e. The first kappa shape index (κ1) is 16.5. The third kappa shape index (κ3) is 3.74. The van der Waals surface area contributed by atoms with Crippen molar-refractivity contribution in [3.63, 3.8) is 0 Å². The molecule has 0 aromatic carbocycles. The molecule has 1 atom stereocenters. The van der Waals surface area contributed by atoms with Crippen LogP contribution in [-0.2, 0) is 0 Å². The summed E-state index contributed by atoms with van der Waals surface area (Å²) in [4.78, 5) is 0. The van der Waals surface area contributed by atoms with Crippen LogP contribution in [0.1, 0.15) is 25.7 Å². The van der Waals surface area contributed by atoms with E-state index in [-0.39, 0.29) is 6.42 Å². The Labute approximate surface area is 94.2 Å². The summed E-state index contributed by atoms with van der Waals surface area (Å²) >= 11 is 0. The SMILES string of the molecule is OCCCCC(F)(F)C(F)(CCO)C(F)(F)F. The monoisotopic (exact) mass is 268 g/mol. The van der Waals surface area contributed by atoms with Gasteiger partial charge in [0.2, 0.25) is 0 Å². The molecule has 1 unspecified atom stereocenters. The highest BCUT2D eigenvalue weighted by molar-refractivity contribution is 4.99. The van der Waals surface area contributed by atoms with Gasteiger partial charge in [-0.25, -0.2) is 13.2 Å². The smallest absolute Gasteiger partial charge is 0.396 e. The Morgan fingerprint density at radius 3 is 1.59 bits per heavy atom. The topological polar surface area (TPSA) is 40.5 Å². The van der Waals surface area contributed by atoms with E-state index in [0.29, 0.717) is 0 Å². The summed E-state index contributed by atoms with van der Waals surface area (Å²) in [5, 5.41) is 16.6. The molecule has 0 aliphatic rings. The predicted octanol–water partition coefficient (Wildman–Crippen LogP) is 2.44. The molecule has 0 aliphatic carbocycles. The van der Waals surface area contributed by atoms with Crippen LogP contribution in [0.15, 0.2) is 0 Å². The molecule has 0 aromatic heterocycles. The Morgan fingerprint density at radius 2 is 1.24 bits per heavy atom. The molecule has 0 spiro atoms. The van der Waals surface area contributed by atoms with Crippen LogP contribution in [0, 0.1) is 0 Å². The Bertz CT molecular complexity index is 230. The highest BCUT2D eigenvalue weighted by Gasteiger charge is 2.69. The molecule has 0 aliphatic heterocycles. The van der Waals surface area contributed by atoms with Crippen molar-refractivity contribution >= 4 is 0 Å². The van der Waals surface area contributed by atoms with Crippen LogP contribution >= 0.6 is 0 Å². The second-order valence-electron chi connectivity index (χ2n) is 3.66. The summed E-state index contributed by atoms with van der Waals surface area (Å²) in [6, 6.07) is 0. The number of rotatable bonds is 7. The molecule has 0 heterocycles. The van der Waals surface area contributed by atoms with Crippen molar-refractivity contribution in [1.29, 1.82) is 0 Å². The zero-order chi connectivity index (χ0) is 13.7. The van der Waals surface area contributed by atoms with E-state index in [1.807, 2.05) is 0 Å². The molecule has 0 aromatic rings. The lowest BCUT2D eigenvalue weighted by atomic mass is 9.89. The normalized spacial score (nSPS) is 16.9. The summed E-state index contributed by atoms with van der Waals surface area (Å²) in [6.07, 6.45) is -9.36. The Morgan fingerprint density at radius 1 is 0.706 bits per heavy atom. The van der Waals surface area contributed by atoms with Gasteiger partial charge in [0.1, 0.15) is 0 Å². The van der Waals surface area contributed by atoms with Crippen molar-refractivity contribution in [1.82, 2.24) is 0 Å². The summed E-state index contributed by atoms with van der Waals surface area (Å²) in [5.74, 6) is -4.62. The van der Waals surface area contributed by atoms with Crippen LogP contribution in [0.4, 0.5) is 26.3 Å². The van der Waals surface area contributed by atoms with Crippen molar-refractivity contribution < 1.29 is 36.6 Å². The maximum absolute atomic E-state index is 13.4. The fourth-order valence-corrected chi connectivity index (χ4v) is 1.34. The lowest BCUT2D eigenvalue weighted by Crippen LogP contribution is -2.55. The number of hydrogen-bond acceptors (Lipinski definition) is 2. The van der Waals surface area contributed by atoms with Gasteiger partial charge < -0.3 is 10.2 Å². The first-order valence-electron chi connectivity index (χ1n) is 4.97. The minimum Gasteiger partial charge on any atom is -0.396 e. The van der Waals surface area contributed by atoms with Gasteiger partial charge >= 0.3 is 6.18 Å². The Hall–Kier alpha value is -0.500. The molecule has 17 heavy (non-hydrogen) atoms. The van der Waals surface area contributed by atoms with Crippen LogP contribution < -0.4 is 0 Å². The fourth-order valence-electron chi connectivity index (χ4n) is 1.34. The molecule has 2 nitrogen and oxygen atoms in total. The van der Waals surface area contributed by atoms with Crippen molar-refractivity contribution in [3.05, 3.63) is 0 Å². The number of aliphatic hydroxyl groups excluding tert-OH is 2. The van der Waals surface area contributed by atoms with Crippen molar-refractivity contribution in [3.8, 4) is 0 Å². The average molecular weight is 268 g/mol. The van der Waals surface area contributed by atoms with E-state index in [0.717, 1.165) is 0 Å². The maximum Gasteiger partial charge on any atom is 0.428 e. The molecule has 0 fully saturated rings. The lowest BCUT2D eigenvalue weighted by Gasteiger charge is -2.34. The molecule has 0 amide bonds. The highest BCUT2D eigenvalue weighted by Crippen LogP contribution is 2.49. The van der Waals surface area contributed by atoms with E-state index in [4.69, 9.17) is 10.2 Å². The van der Waals surface area contributed by atoms with Gasteiger partial charge in [0, 0.05) is 26.1 Å². The molecule has 0 rings (SSSR count). The van der Waals surface area contributed by atoms with Gasteiger partial charge in [-0.1, -0.05) is 0 Å². The summed E-state index contributed by atoms with van der Waals surface area (Å²) in [6.45, 7) is -1.78. The fraction of sp³-hybridized carbons (Fsp3) is 1.00. The summed E-state index contributed by atoms with van der Waals surface area (Å²) in [7, 11) is 0. The number of alkyl halides is 6. The average Bonchev–Trinajstić information content (AvgIpc) is 2.16. The molecule has 0 radical (unpaired) electrons. The van der Waals surface area contributed by atoms with Crippen LogP contribution in [0.25, 0.3) is 0 Å². The van der Waals surface area contributed by atoms with Gasteiger partial charge in [-0.2, -0.15) is 13.2 Å². The first-order valence-corrected chi connectivity index (χ1v) is 4.97. The van der Waals surface area contributed by atoms with Crippen LogP contribution in [0.3, 0.4) is 0 Å². The van der Waals surface area contributed by atoms with Gasteiger partial charge in [-0.05, 0) is 12.8 Å². The second-order valence-corrected chi connectivity index (χ2v) is 3.66. The highest BCUT2D eigenvalue weighted by atomic mass is 19.4. The van der Waals surface area contributed by atoms with E-state index >= 15 is 0 Å². The summed E-state index contributed by atoms with van der Waals surface area (Å²) < 4.78 is 76.6. The van der Waals surface area contributed by atoms with Crippen LogP contribution in [0.2, 0.25) is 0 Å². The van der Waals surface area contributed by atoms with Crippen LogP contribution in [0.5, 0.6) is 0 Å². The minimum absolute atomic E-state index is 0.136. The summed E-state index contributed by atoms with van der Waals surface area (Å²) in [5.41, 5.74) is -4.73. The lowest BCUT2D eigenvalue weighted by molar-refractivity contribution is -0.307. The van der Waals surface area contributed by atoms with Gasteiger partial charge in [-0.3, -0.25) is 0 Å². The van der Waals surface area contributed by atoms with Gasteiger partial charge in [0.25, 0.3) is 11.6 Å². The van der Waals surface area contributed by atoms with Gasteiger partial charge in [0.05, 0.1) is 0 Å². The molecule has 0 saturated carbocycles. The molecule has 0 saturated heterocycles. The quantitative estimate of drug-likeness (QED) is 0.550. The van der Waals surface area contributed by atoms with E-state index in [1.54, 1.807) is 0 Å².